The van der Waals surface area contributed by atoms with Crippen molar-refractivity contribution in [2.45, 2.75) is 6.92 Å². The van der Waals surface area contributed by atoms with Crippen molar-refractivity contribution in [2.75, 3.05) is 0 Å². The third-order valence-electron chi connectivity index (χ3n) is 1.03. The van der Waals surface area contributed by atoms with Crippen LogP contribution in [0.4, 0.5) is 0 Å². The highest BCUT2D eigenvalue weighted by molar-refractivity contribution is 7.79. The molecule has 0 saturated heterocycles. The Kier molecular flexibility index (Phi) is 4.39. The zero-order valence-electron chi connectivity index (χ0n) is 6.88. The molecule has 0 radical (unpaired) electrons. The first-order valence-corrected chi connectivity index (χ1v) is 4.64. The Morgan fingerprint density at radius 1 is 1.08 bits per heavy atom. The summed E-state index contributed by atoms with van der Waals surface area (Å²) < 4.78 is 31.6. The third-order valence-corrected chi connectivity index (χ3v) is 1.03. The van der Waals surface area contributed by atoms with Crippen LogP contribution in [0.2, 0.25) is 0 Å². The van der Waals surface area contributed by atoms with E-state index in [1.54, 1.807) is 12.1 Å². The van der Waals surface area contributed by atoms with Gasteiger partial charge in [-0.25, -0.2) is 0 Å². The fourth-order valence-corrected chi connectivity index (χ4v) is 0.545. The minimum absolute atomic E-state index is 0.329. The molecule has 1 aromatic carbocycles. The molecule has 1 aromatic rings. The lowest BCUT2D eigenvalue weighted by atomic mass is 10.2. The molecule has 0 aliphatic carbocycles. The highest BCUT2D eigenvalue weighted by Gasteiger charge is 1.84. The van der Waals surface area contributed by atoms with Gasteiger partial charge in [0.15, 0.2) is 0 Å². The van der Waals surface area contributed by atoms with Crippen LogP contribution in [0.5, 0.6) is 5.75 Å². The maximum atomic E-state index is 8.76. The van der Waals surface area contributed by atoms with Crippen molar-refractivity contribution in [3.05, 3.63) is 29.8 Å². The van der Waals surface area contributed by atoms with Gasteiger partial charge in [0, 0.05) is 0 Å². The molecule has 0 amide bonds. The predicted molar refractivity (Wildman–Crippen MR) is 47.0 cm³/mol. The van der Waals surface area contributed by atoms with Gasteiger partial charge in [-0.15, -0.1) is 0 Å². The first-order chi connectivity index (χ1) is 5.79. The molecule has 0 aliphatic heterocycles. The van der Waals surface area contributed by atoms with Gasteiger partial charge in [0.05, 0.1) is 0 Å². The molecule has 0 unspecified atom stereocenters. The lowest BCUT2D eigenvalue weighted by Crippen LogP contribution is -1.89. The summed E-state index contributed by atoms with van der Waals surface area (Å²) in [6, 6.07) is 7.09. The summed E-state index contributed by atoms with van der Waals surface area (Å²) >= 11 is 0. The summed E-state index contributed by atoms with van der Waals surface area (Å²) in [4.78, 5) is 0. The summed E-state index contributed by atoms with van der Waals surface area (Å²) in [6.07, 6.45) is 0. The predicted octanol–water partition coefficient (Wildman–Crippen LogP) is 1.05. The van der Waals surface area contributed by atoms with Crippen LogP contribution < -0.4 is 0 Å². The second-order valence-corrected chi connectivity index (χ2v) is 3.18. The normalized spacial score (nSPS) is 10.1. The van der Waals surface area contributed by atoms with Crippen molar-refractivity contribution in [3.8, 4) is 5.75 Å². The van der Waals surface area contributed by atoms with E-state index < -0.39 is 10.4 Å². The summed E-state index contributed by atoms with van der Waals surface area (Å²) in [7, 11) is -4.67. The van der Waals surface area contributed by atoms with E-state index in [1.807, 2.05) is 19.1 Å². The molecule has 0 bridgehead atoms. The molecular formula is C7H10O5S. The van der Waals surface area contributed by atoms with Gasteiger partial charge < -0.3 is 5.11 Å². The lowest BCUT2D eigenvalue weighted by molar-refractivity contribution is 0.381. The van der Waals surface area contributed by atoms with Crippen molar-refractivity contribution in [1.82, 2.24) is 0 Å². The molecule has 0 fully saturated rings. The molecule has 1 rings (SSSR count). The molecule has 0 aromatic heterocycles. The van der Waals surface area contributed by atoms with Crippen molar-refractivity contribution >= 4 is 10.4 Å². The standard InChI is InChI=1S/C7H8O.H2O4S/c1-6-2-4-7(8)5-3-6;1-5(2,3)4/h2-5,8H,1H3;(H2,1,2,3,4). The van der Waals surface area contributed by atoms with Gasteiger partial charge in [-0.05, 0) is 19.1 Å². The van der Waals surface area contributed by atoms with E-state index >= 15 is 0 Å². The molecule has 0 heterocycles. The number of phenolic OH excluding ortho intramolecular Hbond substituents is 1. The van der Waals surface area contributed by atoms with Crippen LogP contribution >= 0.6 is 0 Å². The van der Waals surface area contributed by atoms with Crippen molar-refractivity contribution in [1.29, 1.82) is 0 Å². The van der Waals surface area contributed by atoms with Crippen LogP contribution in [0.3, 0.4) is 0 Å². The summed E-state index contributed by atoms with van der Waals surface area (Å²) in [5.41, 5.74) is 1.17. The van der Waals surface area contributed by atoms with Crippen molar-refractivity contribution in [3.63, 3.8) is 0 Å². The van der Waals surface area contributed by atoms with E-state index in [9.17, 15) is 0 Å². The topological polar surface area (TPSA) is 94.8 Å². The Morgan fingerprint density at radius 3 is 1.62 bits per heavy atom. The van der Waals surface area contributed by atoms with E-state index in [1.165, 1.54) is 5.56 Å². The molecule has 3 N–H and O–H groups in total. The Morgan fingerprint density at radius 2 is 1.38 bits per heavy atom. The smallest absolute Gasteiger partial charge is 0.394 e. The Balaban J connectivity index is 0.000000252. The van der Waals surface area contributed by atoms with Crippen LogP contribution in [-0.2, 0) is 10.4 Å². The van der Waals surface area contributed by atoms with Crippen LogP contribution in [0, 0.1) is 6.92 Å². The monoisotopic (exact) mass is 206 g/mol. The minimum atomic E-state index is -4.67. The number of aromatic hydroxyl groups is 1. The van der Waals surface area contributed by atoms with E-state index in [2.05, 4.69) is 0 Å². The average molecular weight is 206 g/mol. The Hall–Kier alpha value is -1.11. The van der Waals surface area contributed by atoms with Gasteiger partial charge in [0.1, 0.15) is 5.75 Å². The van der Waals surface area contributed by atoms with Gasteiger partial charge in [0.25, 0.3) is 0 Å². The van der Waals surface area contributed by atoms with Gasteiger partial charge in [0.2, 0.25) is 0 Å². The fourth-order valence-electron chi connectivity index (χ4n) is 0.545. The SMILES string of the molecule is Cc1ccc(O)cc1.O=S(=O)(O)O. The largest absolute Gasteiger partial charge is 0.508 e. The van der Waals surface area contributed by atoms with E-state index in [-0.39, 0.29) is 0 Å². The summed E-state index contributed by atoms with van der Waals surface area (Å²) in [5, 5.41) is 8.76. The zero-order valence-corrected chi connectivity index (χ0v) is 7.69. The van der Waals surface area contributed by atoms with Gasteiger partial charge >= 0.3 is 10.4 Å². The third kappa shape index (κ3) is 10.9. The van der Waals surface area contributed by atoms with E-state index in [0.29, 0.717) is 5.75 Å². The van der Waals surface area contributed by atoms with Gasteiger partial charge in [-0.2, -0.15) is 8.42 Å². The highest BCUT2D eigenvalue weighted by Crippen LogP contribution is 2.07. The molecule has 74 valence electrons. The van der Waals surface area contributed by atoms with Gasteiger partial charge in [-0.1, -0.05) is 17.7 Å². The quantitative estimate of drug-likeness (QED) is 0.551. The first kappa shape index (κ1) is 11.9. The zero-order chi connectivity index (χ0) is 10.5. The second kappa shape index (κ2) is 4.80. The molecule has 13 heavy (non-hydrogen) atoms. The number of phenols is 1. The number of rotatable bonds is 0. The maximum Gasteiger partial charge on any atom is 0.394 e. The fraction of sp³-hybridized carbons (Fsp3) is 0.143. The summed E-state index contributed by atoms with van der Waals surface area (Å²) in [6.45, 7) is 1.99. The molecular weight excluding hydrogens is 196 g/mol. The van der Waals surface area contributed by atoms with Gasteiger partial charge in [-0.3, -0.25) is 9.11 Å². The van der Waals surface area contributed by atoms with E-state index in [0.717, 1.165) is 0 Å². The number of benzene rings is 1. The maximum absolute atomic E-state index is 8.76. The van der Waals surface area contributed by atoms with Crippen molar-refractivity contribution < 1.29 is 22.6 Å². The van der Waals surface area contributed by atoms with Crippen LogP contribution in [-0.4, -0.2) is 22.6 Å². The lowest BCUT2D eigenvalue weighted by Gasteiger charge is -1.89. The Bertz CT molecular complexity index is 311. The molecule has 0 atom stereocenters. The van der Waals surface area contributed by atoms with Crippen LogP contribution in [0.25, 0.3) is 0 Å². The minimum Gasteiger partial charge on any atom is -0.508 e. The molecule has 5 nitrogen and oxygen atoms in total. The van der Waals surface area contributed by atoms with E-state index in [4.69, 9.17) is 22.6 Å². The van der Waals surface area contributed by atoms with Crippen molar-refractivity contribution in [2.24, 2.45) is 0 Å². The van der Waals surface area contributed by atoms with Crippen LogP contribution in [0.1, 0.15) is 5.56 Å². The molecule has 0 saturated carbocycles. The Labute approximate surface area is 76.2 Å². The molecule has 0 spiro atoms. The van der Waals surface area contributed by atoms with Crippen LogP contribution in [0.15, 0.2) is 24.3 Å². The average Bonchev–Trinajstić information content (AvgIpc) is 1.92. The molecule has 0 aliphatic rings. The second-order valence-electron chi connectivity index (χ2n) is 2.28. The highest BCUT2D eigenvalue weighted by atomic mass is 32.3. The first-order valence-electron chi connectivity index (χ1n) is 3.24. The summed E-state index contributed by atoms with van der Waals surface area (Å²) in [5.74, 6) is 0.329. The number of aryl methyl sites for hydroxylation is 1. The molecule has 6 heteroatoms. The number of hydrogen-bond acceptors (Lipinski definition) is 3. The number of hydrogen-bond donors (Lipinski definition) is 3.